The Morgan fingerprint density at radius 3 is 2.29 bits per heavy atom. The molecule has 0 aromatic heterocycles. The molecule has 0 aliphatic heterocycles. The molecule has 0 radical (unpaired) electrons. The van der Waals surface area contributed by atoms with Crippen LogP contribution >= 0.6 is 11.6 Å². The number of alkyl halides is 3. The van der Waals surface area contributed by atoms with E-state index in [-0.39, 0.29) is 0 Å². The summed E-state index contributed by atoms with van der Waals surface area (Å²) in [5.41, 5.74) is 1.08. The lowest BCUT2D eigenvalue weighted by Crippen LogP contribution is -2.05. The fourth-order valence-corrected chi connectivity index (χ4v) is 1.98. The van der Waals surface area contributed by atoms with Crippen LogP contribution in [0.4, 0.5) is 18.9 Å². The molecule has 0 fully saturated rings. The summed E-state index contributed by atoms with van der Waals surface area (Å²) in [6, 6.07) is 11.6. The van der Waals surface area contributed by atoms with Gasteiger partial charge in [-0.3, -0.25) is 0 Å². The smallest absolute Gasteiger partial charge is 0.381 e. The number of halogens is 4. The quantitative estimate of drug-likeness (QED) is 0.880. The fourth-order valence-electron chi connectivity index (χ4n) is 1.73. The second-order valence-corrected chi connectivity index (χ2v) is 4.75. The van der Waals surface area contributed by atoms with Crippen molar-refractivity contribution in [3.63, 3.8) is 0 Å². The van der Waals surface area contributed by atoms with E-state index in [9.17, 15) is 13.2 Å². The minimum absolute atomic E-state index is 0.357. The zero-order chi connectivity index (χ0) is 15.5. The lowest BCUT2D eigenvalue weighted by molar-refractivity contribution is -0.137. The molecule has 0 aliphatic carbocycles. The second-order valence-electron chi connectivity index (χ2n) is 4.35. The molecule has 21 heavy (non-hydrogen) atoms. The van der Waals surface area contributed by atoms with Crippen LogP contribution in [0.2, 0.25) is 5.02 Å². The predicted octanol–water partition coefficient (Wildman–Crippen LogP) is 4.84. The van der Waals surface area contributed by atoms with Crippen molar-refractivity contribution >= 4 is 17.3 Å². The maximum absolute atomic E-state index is 12.4. The van der Waals surface area contributed by atoms with Crippen LogP contribution in [0, 0.1) is 11.3 Å². The second kappa shape index (κ2) is 6.06. The minimum atomic E-state index is -4.34. The van der Waals surface area contributed by atoms with Crippen molar-refractivity contribution in [3.8, 4) is 6.07 Å². The number of rotatable bonds is 3. The number of hydrogen-bond donors (Lipinski definition) is 1. The van der Waals surface area contributed by atoms with Crippen molar-refractivity contribution < 1.29 is 13.2 Å². The molecule has 1 N–H and O–H groups in total. The molecule has 6 heteroatoms. The lowest BCUT2D eigenvalue weighted by Gasteiger charge is -2.10. The molecule has 108 valence electrons. The summed E-state index contributed by atoms with van der Waals surface area (Å²) >= 11 is 6.02. The van der Waals surface area contributed by atoms with Gasteiger partial charge in [0, 0.05) is 17.3 Å². The third-order valence-corrected chi connectivity index (χ3v) is 3.23. The van der Waals surface area contributed by atoms with E-state index in [1.807, 2.05) is 6.07 Å². The van der Waals surface area contributed by atoms with Crippen LogP contribution in [0.15, 0.2) is 42.5 Å². The van der Waals surface area contributed by atoms with Crippen molar-refractivity contribution in [2.24, 2.45) is 0 Å². The Labute approximate surface area is 124 Å². The van der Waals surface area contributed by atoms with E-state index in [2.05, 4.69) is 5.32 Å². The average Bonchev–Trinajstić information content (AvgIpc) is 2.45. The number of anilines is 1. The monoisotopic (exact) mass is 310 g/mol. The average molecular weight is 311 g/mol. The van der Waals surface area contributed by atoms with Gasteiger partial charge in [0.05, 0.1) is 17.2 Å². The Morgan fingerprint density at radius 2 is 1.76 bits per heavy atom. The van der Waals surface area contributed by atoms with E-state index in [4.69, 9.17) is 16.9 Å². The van der Waals surface area contributed by atoms with Crippen molar-refractivity contribution in [1.82, 2.24) is 0 Å². The molecular formula is C15H10ClF3N2. The number of benzene rings is 2. The first kappa shape index (κ1) is 15.2. The molecular weight excluding hydrogens is 301 g/mol. The zero-order valence-corrected chi connectivity index (χ0v) is 11.5. The van der Waals surface area contributed by atoms with Crippen LogP contribution in [-0.4, -0.2) is 0 Å². The molecule has 0 aliphatic rings. The third-order valence-electron chi connectivity index (χ3n) is 2.88. The van der Waals surface area contributed by atoms with Crippen LogP contribution in [0.3, 0.4) is 0 Å². The molecule has 0 heterocycles. The molecule has 0 unspecified atom stereocenters. The van der Waals surface area contributed by atoms with Crippen molar-refractivity contribution in [1.29, 1.82) is 5.26 Å². The van der Waals surface area contributed by atoms with Crippen molar-refractivity contribution in [2.45, 2.75) is 12.7 Å². The number of nitriles is 1. The van der Waals surface area contributed by atoms with Crippen LogP contribution in [0.1, 0.15) is 16.7 Å². The van der Waals surface area contributed by atoms with Gasteiger partial charge in [-0.25, -0.2) is 0 Å². The van der Waals surface area contributed by atoms with Gasteiger partial charge in [0.1, 0.15) is 0 Å². The summed E-state index contributed by atoms with van der Waals surface area (Å²) in [5.74, 6) is 0. The Kier molecular flexibility index (Phi) is 4.39. The zero-order valence-electron chi connectivity index (χ0n) is 10.7. The van der Waals surface area contributed by atoms with Gasteiger partial charge in [-0.05, 0) is 42.0 Å². The lowest BCUT2D eigenvalue weighted by atomic mass is 10.1. The standard InChI is InChI=1S/C15H10ClF3N2/c16-14-7-10(8-20)1-2-11(14)9-21-13-5-3-12(4-6-13)15(17,18)19/h1-7,21H,9H2. The largest absolute Gasteiger partial charge is 0.416 e. The maximum atomic E-state index is 12.4. The fraction of sp³-hybridized carbons (Fsp3) is 0.133. The molecule has 2 aromatic carbocycles. The van der Waals surface area contributed by atoms with E-state index in [1.54, 1.807) is 18.2 Å². The highest BCUT2D eigenvalue weighted by atomic mass is 35.5. The summed E-state index contributed by atoms with van der Waals surface area (Å²) in [7, 11) is 0. The van der Waals surface area contributed by atoms with Gasteiger partial charge in [-0.2, -0.15) is 18.4 Å². The van der Waals surface area contributed by atoms with Crippen molar-refractivity contribution in [3.05, 3.63) is 64.2 Å². The topological polar surface area (TPSA) is 35.8 Å². The molecule has 2 nitrogen and oxygen atoms in total. The molecule has 2 rings (SSSR count). The highest BCUT2D eigenvalue weighted by Gasteiger charge is 2.29. The number of hydrogen-bond acceptors (Lipinski definition) is 2. The Morgan fingerprint density at radius 1 is 1.10 bits per heavy atom. The van der Waals surface area contributed by atoms with Crippen LogP contribution < -0.4 is 5.32 Å². The summed E-state index contributed by atoms with van der Waals surface area (Å²) < 4.78 is 37.3. The van der Waals surface area contributed by atoms with Crippen molar-refractivity contribution in [2.75, 3.05) is 5.32 Å². The third kappa shape index (κ3) is 3.89. The minimum Gasteiger partial charge on any atom is -0.381 e. The molecule has 2 aromatic rings. The first-order valence-electron chi connectivity index (χ1n) is 6.00. The van der Waals surface area contributed by atoms with E-state index >= 15 is 0 Å². The molecule has 0 bridgehead atoms. The Balaban J connectivity index is 2.05. The maximum Gasteiger partial charge on any atom is 0.416 e. The Hall–Kier alpha value is -2.19. The summed E-state index contributed by atoms with van der Waals surface area (Å²) in [6.45, 7) is 0.357. The highest BCUT2D eigenvalue weighted by Crippen LogP contribution is 2.30. The highest BCUT2D eigenvalue weighted by molar-refractivity contribution is 6.31. The molecule has 0 amide bonds. The van der Waals surface area contributed by atoms with Gasteiger partial charge in [0.25, 0.3) is 0 Å². The van der Waals surface area contributed by atoms with Gasteiger partial charge < -0.3 is 5.32 Å². The van der Waals surface area contributed by atoms with E-state index in [1.165, 1.54) is 12.1 Å². The SMILES string of the molecule is N#Cc1ccc(CNc2ccc(C(F)(F)F)cc2)c(Cl)c1. The molecule has 0 spiro atoms. The Bertz CT molecular complexity index is 673. The first-order chi connectivity index (χ1) is 9.90. The molecule has 0 saturated carbocycles. The first-order valence-corrected chi connectivity index (χ1v) is 6.37. The summed E-state index contributed by atoms with van der Waals surface area (Å²) in [5, 5.41) is 12.2. The number of nitrogens with zero attached hydrogens (tertiary/aromatic N) is 1. The number of nitrogens with one attached hydrogen (secondary N) is 1. The van der Waals surface area contributed by atoms with E-state index in [0.29, 0.717) is 22.8 Å². The van der Waals surface area contributed by atoms with Crippen LogP contribution in [0.25, 0.3) is 0 Å². The van der Waals surface area contributed by atoms with Gasteiger partial charge in [-0.1, -0.05) is 17.7 Å². The van der Waals surface area contributed by atoms with Gasteiger partial charge >= 0.3 is 6.18 Å². The predicted molar refractivity (Wildman–Crippen MR) is 74.9 cm³/mol. The van der Waals surface area contributed by atoms with Gasteiger partial charge in [0.15, 0.2) is 0 Å². The van der Waals surface area contributed by atoms with Crippen LogP contribution in [-0.2, 0) is 12.7 Å². The van der Waals surface area contributed by atoms with E-state index in [0.717, 1.165) is 17.7 Å². The van der Waals surface area contributed by atoms with Gasteiger partial charge in [0.2, 0.25) is 0 Å². The normalized spacial score (nSPS) is 11.0. The molecule has 0 saturated heterocycles. The van der Waals surface area contributed by atoms with Crippen LogP contribution in [0.5, 0.6) is 0 Å². The molecule has 0 atom stereocenters. The summed E-state index contributed by atoms with van der Waals surface area (Å²) in [4.78, 5) is 0. The van der Waals surface area contributed by atoms with Gasteiger partial charge in [-0.15, -0.1) is 0 Å². The summed E-state index contributed by atoms with van der Waals surface area (Å²) in [6.07, 6.45) is -4.34. The van der Waals surface area contributed by atoms with E-state index < -0.39 is 11.7 Å².